The lowest BCUT2D eigenvalue weighted by Crippen LogP contribution is -2.71. The van der Waals surface area contributed by atoms with Crippen LogP contribution in [-0.4, -0.2) is 72.5 Å². The average molecular weight is 588 g/mol. The Balaban J connectivity index is 1.48. The molecule has 0 saturated carbocycles. The normalized spacial score (nSPS) is 19.9. The number of carbonyl (C=O) groups is 3. The minimum absolute atomic E-state index is 0.0784. The number of hydrogen-bond acceptors (Lipinski definition) is 13. The second-order valence-electron chi connectivity index (χ2n) is 7.28. The fourth-order valence-electron chi connectivity index (χ4n) is 3.42. The van der Waals surface area contributed by atoms with Crippen LogP contribution in [0, 0.1) is 19.3 Å². The first kappa shape index (κ1) is 26.7. The number of anilines is 1. The Labute approximate surface area is 226 Å². The van der Waals surface area contributed by atoms with E-state index in [9.17, 15) is 19.5 Å². The monoisotopic (exact) mass is 587 g/mol. The maximum Gasteiger partial charge on any atom is 0.352 e. The molecule has 0 aromatic carbocycles. The Morgan fingerprint density at radius 2 is 2.22 bits per heavy atom. The van der Waals surface area contributed by atoms with Crippen LogP contribution in [0.25, 0.3) is 0 Å². The van der Waals surface area contributed by atoms with Crippen LogP contribution < -0.4 is 16.5 Å². The molecule has 0 spiro atoms. The van der Waals surface area contributed by atoms with Crippen molar-refractivity contribution in [2.24, 2.45) is 0 Å². The van der Waals surface area contributed by atoms with Crippen molar-refractivity contribution in [2.75, 3.05) is 23.8 Å². The van der Waals surface area contributed by atoms with Gasteiger partial charge in [-0.05, 0) is 12.5 Å². The van der Waals surface area contributed by atoms with Gasteiger partial charge >= 0.3 is 5.97 Å². The number of rotatable bonds is 10. The highest BCUT2D eigenvalue weighted by atomic mass is 35.5. The Bertz CT molecular complexity index is 1280. The van der Waals surface area contributed by atoms with E-state index in [4.69, 9.17) is 28.6 Å². The number of carbonyl (C=O) groups excluding carboxylic acids is 2. The lowest BCUT2D eigenvalue weighted by atomic mass is 10.0. The summed E-state index contributed by atoms with van der Waals surface area (Å²) in [7, 11) is 0. The summed E-state index contributed by atoms with van der Waals surface area (Å²) in [5.41, 5.74) is 8.83. The largest absolute Gasteiger partial charge is 0.477 e. The van der Waals surface area contributed by atoms with Crippen LogP contribution in [-0.2, 0) is 19.2 Å². The minimum Gasteiger partial charge on any atom is -0.477 e. The molecular weight excluding hydrogens is 570 g/mol. The molecule has 12 nitrogen and oxygen atoms in total. The molecule has 0 bridgehead atoms. The number of nitrogen functional groups attached to an aromatic ring is 1. The fraction of sp³-hybridized carbons (Fsp3) is 0.368. The van der Waals surface area contributed by atoms with E-state index in [0.29, 0.717) is 21.4 Å². The number of thioether (sulfide) groups is 2. The lowest BCUT2D eigenvalue weighted by Gasteiger charge is -2.49. The van der Waals surface area contributed by atoms with E-state index < -0.39 is 35.2 Å². The first-order chi connectivity index (χ1) is 17.2. The molecule has 17 heteroatoms. The number of nitrogens with one attached hydrogen (secondary N) is 2. The van der Waals surface area contributed by atoms with Crippen LogP contribution in [0.15, 0.2) is 15.6 Å². The van der Waals surface area contributed by atoms with Gasteiger partial charge in [-0.25, -0.2) is 9.78 Å². The number of thiazole rings is 1. The van der Waals surface area contributed by atoms with E-state index >= 15 is 0 Å². The van der Waals surface area contributed by atoms with Crippen LogP contribution in [0.4, 0.5) is 5.13 Å². The summed E-state index contributed by atoms with van der Waals surface area (Å²) in [6, 6.07) is -2.16. The molecule has 2 aromatic heterocycles. The molecule has 0 radical (unpaired) electrons. The Kier molecular flexibility index (Phi) is 8.40. The quantitative estimate of drug-likeness (QED) is 0.103. The minimum atomic E-state index is -1.21. The van der Waals surface area contributed by atoms with Gasteiger partial charge in [0.25, 0.3) is 5.91 Å². The number of carboxylic acids is 1. The molecular formula is C19H18ClN7O5S4. The third-order valence-corrected chi connectivity index (χ3v) is 9.46. The molecule has 2 unspecified atom stereocenters. The summed E-state index contributed by atoms with van der Waals surface area (Å²) >= 11 is 11.3. The van der Waals surface area contributed by atoms with Gasteiger partial charge in [-0.15, -0.1) is 28.4 Å². The Hall–Kier alpha value is -2.39. The van der Waals surface area contributed by atoms with Crippen LogP contribution in [0.5, 0.6) is 0 Å². The summed E-state index contributed by atoms with van der Waals surface area (Å²) in [6.45, 7) is 1.69. The lowest BCUT2D eigenvalue weighted by molar-refractivity contribution is -0.151. The van der Waals surface area contributed by atoms with Crippen molar-refractivity contribution in [1.29, 1.82) is 0 Å². The van der Waals surface area contributed by atoms with Crippen molar-refractivity contribution in [1.82, 2.24) is 30.9 Å². The van der Waals surface area contributed by atoms with Crippen molar-refractivity contribution in [3.8, 4) is 12.3 Å². The number of nitrogens with zero attached hydrogens (tertiary/aromatic N) is 4. The SMILES string of the molecule is C#CCONC(C(=O)NC1C(=O)N2C(C(=O)O)=C(CSc3nnc(C)s3)CS[C@H]12)c1nc(N)sc1Cl. The Morgan fingerprint density at radius 3 is 2.83 bits per heavy atom. The summed E-state index contributed by atoms with van der Waals surface area (Å²) in [5.74, 6) is 0.557. The van der Waals surface area contributed by atoms with Gasteiger partial charge in [-0.1, -0.05) is 52.0 Å². The number of carboxylic acid groups (broad SMARTS) is 1. The van der Waals surface area contributed by atoms with Gasteiger partial charge in [0.1, 0.15) is 38.8 Å². The summed E-state index contributed by atoms with van der Waals surface area (Å²) < 4.78 is 0.880. The zero-order valence-electron chi connectivity index (χ0n) is 18.4. The van der Waals surface area contributed by atoms with Crippen molar-refractivity contribution >= 4 is 80.7 Å². The molecule has 0 aliphatic carbocycles. The number of aryl methyl sites for hydroxylation is 1. The number of aromatic nitrogens is 3. The number of terminal acetylenes is 1. The highest BCUT2D eigenvalue weighted by molar-refractivity contribution is 8.01. The summed E-state index contributed by atoms with van der Waals surface area (Å²) in [6.07, 6.45) is 5.18. The van der Waals surface area contributed by atoms with Gasteiger partial charge in [0.2, 0.25) is 5.91 Å². The second kappa shape index (κ2) is 11.3. The number of amides is 2. The molecule has 4 heterocycles. The maximum absolute atomic E-state index is 13.1. The van der Waals surface area contributed by atoms with E-state index in [0.717, 1.165) is 16.3 Å². The molecule has 5 N–H and O–H groups in total. The Morgan fingerprint density at radius 1 is 1.44 bits per heavy atom. The highest BCUT2D eigenvalue weighted by Crippen LogP contribution is 2.42. The molecule has 1 fully saturated rings. The van der Waals surface area contributed by atoms with Crippen molar-refractivity contribution < 1.29 is 24.3 Å². The molecule has 3 atom stereocenters. The van der Waals surface area contributed by atoms with Crippen molar-refractivity contribution in [2.45, 2.75) is 28.7 Å². The summed E-state index contributed by atoms with van der Waals surface area (Å²) in [5, 5.41) is 20.8. The number of nitrogens with two attached hydrogens (primary N) is 1. The first-order valence-electron chi connectivity index (χ1n) is 10.1. The predicted molar refractivity (Wildman–Crippen MR) is 137 cm³/mol. The zero-order chi connectivity index (χ0) is 26.0. The molecule has 2 aromatic rings. The van der Waals surface area contributed by atoms with Gasteiger partial charge in [-0.3, -0.25) is 19.3 Å². The molecule has 190 valence electrons. The van der Waals surface area contributed by atoms with Crippen LogP contribution in [0.2, 0.25) is 4.34 Å². The van der Waals surface area contributed by atoms with E-state index in [-0.39, 0.29) is 27.5 Å². The van der Waals surface area contributed by atoms with Crippen LogP contribution in [0.1, 0.15) is 16.7 Å². The fourth-order valence-corrected chi connectivity index (χ4v) is 7.71. The van der Waals surface area contributed by atoms with Gasteiger partial charge in [0.15, 0.2) is 15.5 Å². The van der Waals surface area contributed by atoms with E-state index in [1.807, 2.05) is 6.92 Å². The van der Waals surface area contributed by atoms with Crippen molar-refractivity contribution in [3.05, 3.63) is 26.3 Å². The highest BCUT2D eigenvalue weighted by Gasteiger charge is 2.54. The topological polar surface area (TPSA) is 173 Å². The first-order valence-corrected chi connectivity index (χ1v) is 14.1. The van der Waals surface area contributed by atoms with Crippen molar-refractivity contribution in [3.63, 3.8) is 0 Å². The van der Waals surface area contributed by atoms with Gasteiger partial charge in [-0.2, -0.15) is 5.48 Å². The average Bonchev–Trinajstić information content (AvgIpc) is 3.41. The molecule has 2 aliphatic rings. The third kappa shape index (κ3) is 5.47. The van der Waals surface area contributed by atoms with Crippen LogP contribution in [0.3, 0.4) is 0 Å². The van der Waals surface area contributed by atoms with Gasteiger partial charge in [0.05, 0.1) is 0 Å². The van der Waals surface area contributed by atoms with Gasteiger partial charge < -0.3 is 16.2 Å². The number of β-lactam (4-membered cyclic amide) rings is 1. The van der Waals surface area contributed by atoms with Gasteiger partial charge in [0, 0.05) is 11.5 Å². The zero-order valence-corrected chi connectivity index (χ0v) is 22.4. The van der Waals surface area contributed by atoms with Crippen LogP contribution >= 0.6 is 57.8 Å². The van der Waals surface area contributed by atoms with E-state index in [2.05, 4.69) is 31.9 Å². The molecule has 4 rings (SSSR count). The second-order valence-corrected chi connectivity index (χ2v) is 12.4. The smallest absolute Gasteiger partial charge is 0.352 e. The number of hydroxylamine groups is 1. The number of hydrogen-bond donors (Lipinski definition) is 4. The molecule has 1 saturated heterocycles. The maximum atomic E-state index is 13.1. The third-order valence-electron chi connectivity index (χ3n) is 4.94. The van der Waals surface area contributed by atoms with E-state index in [1.165, 1.54) is 39.8 Å². The summed E-state index contributed by atoms with van der Waals surface area (Å²) in [4.78, 5) is 48.5. The number of fused-ring (bicyclic) bond motifs is 1. The molecule has 36 heavy (non-hydrogen) atoms. The molecule has 2 amide bonds. The number of halogens is 1. The predicted octanol–water partition coefficient (Wildman–Crippen LogP) is 1.27. The standard InChI is InChI=1S/C19H18ClN7O5S4/c1-3-4-32-26-10(9-13(20)36-18(21)23-9)14(28)22-11-15(29)27-12(17(30)31)8(5-33-16(11)27)6-34-19-25-24-7(2)35-19/h1,10-11,16,26H,4-6H2,2H3,(H2,21,23)(H,22,28)(H,30,31)/t10?,11?,16-/m1/s1. The molecule has 2 aliphatic heterocycles. The number of aliphatic carboxylic acids is 1. The van der Waals surface area contributed by atoms with E-state index in [1.54, 1.807) is 0 Å².